The van der Waals surface area contributed by atoms with E-state index in [1.54, 1.807) is 51.8 Å². The number of anilines is 1. The number of para-hydroxylation sites is 1. The van der Waals surface area contributed by atoms with Crippen LogP contribution in [0.4, 0.5) is 23.7 Å². The molecule has 1 unspecified atom stereocenters. The fourth-order valence-corrected chi connectivity index (χ4v) is 9.11. The van der Waals surface area contributed by atoms with Crippen molar-refractivity contribution in [2.45, 2.75) is 43.2 Å². The summed E-state index contributed by atoms with van der Waals surface area (Å²) in [5.41, 5.74) is 0.955. The van der Waals surface area contributed by atoms with Gasteiger partial charge in [-0.25, -0.2) is 4.79 Å². The van der Waals surface area contributed by atoms with E-state index in [1.165, 1.54) is 23.9 Å². The van der Waals surface area contributed by atoms with E-state index in [1.807, 2.05) is 24.8 Å². The number of benzene rings is 2. The number of carbonyl (C=O) groups is 2. The van der Waals surface area contributed by atoms with Gasteiger partial charge in [-0.1, -0.05) is 24.8 Å². The van der Waals surface area contributed by atoms with Gasteiger partial charge in [0.1, 0.15) is 6.17 Å². The number of aromatic nitrogens is 2. The summed E-state index contributed by atoms with van der Waals surface area (Å²) in [5.74, 6) is 0.323. The molecule has 13 heteroatoms. The Hall–Kier alpha value is -3.55. The minimum atomic E-state index is -4.68. The summed E-state index contributed by atoms with van der Waals surface area (Å²) in [7, 11) is 3.38. The summed E-state index contributed by atoms with van der Waals surface area (Å²) in [6, 6.07) is 5.81. The molecule has 0 N–H and O–H groups in total. The highest BCUT2D eigenvalue weighted by atomic mass is 32.2. The van der Waals surface area contributed by atoms with Crippen molar-refractivity contribution in [3.63, 3.8) is 0 Å². The Morgan fingerprint density at radius 3 is 2.51 bits per heavy atom. The standard InChI is InChI=1S/C32H35F3N6O3S/c1-6-24(42)41-18(2)12-39(13-19(41)3)29-22-10-23(32(33,34)35)25(21-9-7-8-20-11-36-38(5)26(20)21)28-27(22)40(30(43)37(29)4)14-31(17-45-28)15-44-16-31/h6-11,18-19,29H,1,12-17H2,2-5H3/t18-,19+,29?. The predicted octanol–water partition coefficient (Wildman–Crippen LogP) is 5.36. The van der Waals surface area contributed by atoms with Gasteiger partial charge in [0.05, 0.1) is 36.2 Å². The lowest BCUT2D eigenvalue weighted by Crippen LogP contribution is -2.63. The molecule has 3 aromatic rings. The van der Waals surface area contributed by atoms with E-state index >= 15 is 13.2 Å². The topological polar surface area (TPSA) is 74.1 Å². The molecule has 2 saturated heterocycles. The average molecular weight is 641 g/mol. The van der Waals surface area contributed by atoms with Gasteiger partial charge in [-0.3, -0.25) is 19.3 Å². The Morgan fingerprint density at radius 2 is 1.89 bits per heavy atom. The van der Waals surface area contributed by atoms with Crippen LogP contribution in [0.1, 0.15) is 31.1 Å². The third kappa shape index (κ3) is 4.57. The molecule has 3 atom stereocenters. The number of rotatable bonds is 3. The van der Waals surface area contributed by atoms with Crippen LogP contribution in [0.3, 0.4) is 0 Å². The molecule has 238 valence electrons. The molecule has 0 saturated carbocycles. The number of hydrogen-bond donors (Lipinski definition) is 0. The van der Waals surface area contributed by atoms with Crippen LogP contribution in [-0.2, 0) is 22.8 Å². The molecule has 3 amide bonds. The number of piperazine rings is 1. The number of carbonyl (C=O) groups excluding carboxylic acids is 2. The second-order valence-electron chi connectivity index (χ2n) is 12.8. The predicted molar refractivity (Wildman–Crippen MR) is 166 cm³/mol. The van der Waals surface area contributed by atoms with Gasteiger partial charge >= 0.3 is 12.2 Å². The van der Waals surface area contributed by atoms with Crippen molar-refractivity contribution in [1.82, 2.24) is 24.5 Å². The number of alkyl halides is 3. The molecule has 0 aliphatic carbocycles. The first-order valence-electron chi connectivity index (χ1n) is 15.0. The zero-order valence-electron chi connectivity index (χ0n) is 25.6. The fraction of sp³-hybridized carbons (Fsp3) is 0.469. The maximum Gasteiger partial charge on any atom is 0.417 e. The van der Waals surface area contributed by atoms with E-state index in [0.717, 1.165) is 5.39 Å². The minimum Gasteiger partial charge on any atom is -0.380 e. The Bertz CT molecular complexity index is 1720. The van der Waals surface area contributed by atoms with E-state index in [9.17, 15) is 9.59 Å². The van der Waals surface area contributed by atoms with Gasteiger partial charge in [0.15, 0.2) is 0 Å². The second kappa shape index (κ2) is 10.5. The number of amides is 3. The van der Waals surface area contributed by atoms with Crippen LogP contribution in [0.5, 0.6) is 0 Å². The number of hydrogen-bond acceptors (Lipinski definition) is 6. The Balaban J connectivity index is 1.48. The first-order valence-corrected chi connectivity index (χ1v) is 16.0. The largest absolute Gasteiger partial charge is 0.417 e. The van der Waals surface area contributed by atoms with Crippen LogP contribution in [-0.4, -0.2) is 94.2 Å². The highest BCUT2D eigenvalue weighted by molar-refractivity contribution is 7.99. The van der Waals surface area contributed by atoms with Gasteiger partial charge in [0.2, 0.25) is 5.91 Å². The molecule has 5 heterocycles. The summed E-state index contributed by atoms with van der Waals surface area (Å²) in [6.07, 6.45) is -2.51. The fourth-order valence-electron chi connectivity index (χ4n) is 7.67. The van der Waals surface area contributed by atoms with Crippen LogP contribution in [0, 0.1) is 5.41 Å². The van der Waals surface area contributed by atoms with Gasteiger partial charge in [0, 0.05) is 84.0 Å². The van der Waals surface area contributed by atoms with Gasteiger partial charge in [-0.2, -0.15) is 18.3 Å². The van der Waals surface area contributed by atoms with E-state index in [0.29, 0.717) is 65.8 Å². The monoisotopic (exact) mass is 640 g/mol. The SMILES string of the molecule is C=CC(=O)N1[C@H](C)CN(C2c3cc(C(F)(F)F)c(-c4cccc5cnn(C)c45)c4c3N(CC3(COC3)CS4)C(=O)N2C)C[C@@H]1C. The lowest BCUT2D eigenvalue weighted by Gasteiger charge is -2.52. The maximum absolute atomic E-state index is 15.3. The lowest BCUT2D eigenvalue weighted by molar-refractivity contribution is -0.138. The number of ether oxygens (including phenoxy) is 1. The molecule has 0 radical (unpaired) electrons. The van der Waals surface area contributed by atoms with Gasteiger partial charge in [-0.05, 0) is 26.0 Å². The zero-order chi connectivity index (χ0) is 32.0. The Kier molecular flexibility index (Phi) is 7.03. The van der Waals surface area contributed by atoms with E-state index in [2.05, 4.69) is 11.7 Å². The van der Waals surface area contributed by atoms with Crippen LogP contribution >= 0.6 is 11.8 Å². The van der Waals surface area contributed by atoms with Gasteiger partial charge in [0.25, 0.3) is 0 Å². The molecule has 1 spiro atoms. The van der Waals surface area contributed by atoms with Crippen molar-refractivity contribution >= 4 is 40.3 Å². The molecular formula is C32H35F3N6O3S. The summed E-state index contributed by atoms with van der Waals surface area (Å²) >= 11 is 1.38. The summed E-state index contributed by atoms with van der Waals surface area (Å²) < 4.78 is 53.2. The van der Waals surface area contributed by atoms with Gasteiger partial charge in [-0.15, -0.1) is 11.8 Å². The summed E-state index contributed by atoms with van der Waals surface area (Å²) in [4.78, 5) is 34.5. The first-order chi connectivity index (χ1) is 21.3. The van der Waals surface area contributed by atoms with Crippen molar-refractivity contribution in [3.8, 4) is 11.1 Å². The van der Waals surface area contributed by atoms with E-state index < -0.39 is 17.9 Å². The number of urea groups is 1. The smallest absolute Gasteiger partial charge is 0.380 e. The van der Waals surface area contributed by atoms with E-state index in [-0.39, 0.29) is 35.0 Å². The molecular weight excluding hydrogens is 605 g/mol. The molecule has 4 aliphatic rings. The van der Waals surface area contributed by atoms with Crippen LogP contribution in [0.15, 0.2) is 48.0 Å². The van der Waals surface area contributed by atoms with E-state index in [4.69, 9.17) is 4.74 Å². The number of halogens is 3. The number of thioether (sulfide) groups is 1. The third-order valence-corrected chi connectivity index (χ3v) is 11.1. The quantitative estimate of drug-likeness (QED) is 0.359. The normalized spacial score (nSPS) is 24.9. The average Bonchev–Trinajstić information content (AvgIpc) is 3.24. The Labute approximate surface area is 263 Å². The molecule has 2 fully saturated rings. The molecule has 2 aromatic carbocycles. The highest BCUT2D eigenvalue weighted by Crippen LogP contribution is 2.56. The third-order valence-electron chi connectivity index (χ3n) is 9.62. The van der Waals surface area contributed by atoms with Crippen LogP contribution in [0.25, 0.3) is 22.0 Å². The highest BCUT2D eigenvalue weighted by Gasteiger charge is 2.52. The minimum absolute atomic E-state index is 0.0713. The molecule has 9 nitrogen and oxygen atoms in total. The first kappa shape index (κ1) is 30.1. The van der Waals surface area contributed by atoms with Crippen molar-refractivity contribution < 1.29 is 27.5 Å². The van der Waals surface area contributed by atoms with Crippen molar-refractivity contribution in [2.75, 3.05) is 50.5 Å². The molecule has 1 aromatic heterocycles. The summed E-state index contributed by atoms with van der Waals surface area (Å²) in [6.45, 7) is 9.44. The number of aryl methyl sites for hydroxylation is 1. The molecule has 45 heavy (non-hydrogen) atoms. The maximum atomic E-state index is 15.3. The second-order valence-corrected chi connectivity index (χ2v) is 13.8. The summed E-state index contributed by atoms with van der Waals surface area (Å²) in [5, 5.41) is 5.08. The zero-order valence-corrected chi connectivity index (χ0v) is 26.4. The van der Waals surface area contributed by atoms with Gasteiger partial charge < -0.3 is 14.5 Å². The van der Waals surface area contributed by atoms with Crippen molar-refractivity contribution in [3.05, 3.63) is 54.2 Å². The molecule has 4 aliphatic heterocycles. The van der Waals surface area contributed by atoms with Crippen molar-refractivity contribution in [1.29, 1.82) is 0 Å². The Morgan fingerprint density at radius 1 is 1.18 bits per heavy atom. The number of nitrogens with zero attached hydrogens (tertiary/aromatic N) is 6. The number of fused-ring (bicyclic) bond motifs is 1. The van der Waals surface area contributed by atoms with Crippen LogP contribution < -0.4 is 4.90 Å². The van der Waals surface area contributed by atoms with Crippen molar-refractivity contribution in [2.24, 2.45) is 12.5 Å². The molecule has 7 rings (SSSR count). The van der Waals surface area contributed by atoms with Crippen LogP contribution in [0.2, 0.25) is 0 Å². The lowest BCUT2D eigenvalue weighted by atomic mass is 9.86. The molecule has 0 bridgehead atoms.